The van der Waals surface area contributed by atoms with E-state index < -0.39 is 20.9 Å². The molecule has 0 bridgehead atoms. The SMILES string of the molecule is CC1=NOC(C)C1CN1CC[C@@]2(C1)[C@@H](O)CN(c1ccccc1)S2(=O)=O. The number of aliphatic hydroxyl groups excluding tert-OH is 1. The minimum absolute atomic E-state index is 0.00234. The predicted octanol–water partition coefficient (Wildman–Crippen LogP) is 1.05. The van der Waals surface area contributed by atoms with Crippen molar-refractivity contribution in [2.75, 3.05) is 30.5 Å². The van der Waals surface area contributed by atoms with E-state index in [1.165, 1.54) is 4.31 Å². The quantitative estimate of drug-likeness (QED) is 0.849. The van der Waals surface area contributed by atoms with Gasteiger partial charge in [0, 0.05) is 13.1 Å². The van der Waals surface area contributed by atoms with Crippen LogP contribution in [0.1, 0.15) is 20.3 Å². The molecule has 8 heteroatoms. The molecule has 142 valence electrons. The van der Waals surface area contributed by atoms with Crippen molar-refractivity contribution >= 4 is 21.4 Å². The first-order chi connectivity index (χ1) is 12.3. The largest absolute Gasteiger partial charge is 0.392 e. The molecular weight excluding hydrogens is 354 g/mol. The lowest BCUT2D eigenvalue weighted by Crippen LogP contribution is -2.48. The van der Waals surface area contributed by atoms with E-state index in [1.54, 1.807) is 12.1 Å². The van der Waals surface area contributed by atoms with Gasteiger partial charge in [-0.25, -0.2) is 8.42 Å². The van der Waals surface area contributed by atoms with Gasteiger partial charge in [0.15, 0.2) is 0 Å². The van der Waals surface area contributed by atoms with Crippen LogP contribution in [0.5, 0.6) is 0 Å². The molecule has 3 aliphatic rings. The van der Waals surface area contributed by atoms with Crippen LogP contribution in [0.3, 0.4) is 0 Å². The van der Waals surface area contributed by atoms with Crippen molar-refractivity contribution in [3.8, 4) is 0 Å². The van der Waals surface area contributed by atoms with E-state index in [1.807, 2.05) is 32.0 Å². The smallest absolute Gasteiger partial charge is 0.244 e. The molecule has 0 aromatic heterocycles. The summed E-state index contributed by atoms with van der Waals surface area (Å²) in [4.78, 5) is 7.46. The topological polar surface area (TPSA) is 82.4 Å². The third-order valence-corrected chi connectivity index (χ3v) is 8.63. The molecule has 1 spiro atoms. The lowest BCUT2D eigenvalue weighted by Gasteiger charge is -2.28. The molecule has 2 unspecified atom stereocenters. The zero-order chi connectivity index (χ0) is 18.5. The van der Waals surface area contributed by atoms with Crippen LogP contribution in [0.25, 0.3) is 0 Å². The molecule has 0 amide bonds. The molecule has 7 nitrogen and oxygen atoms in total. The minimum atomic E-state index is -3.64. The molecule has 2 saturated heterocycles. The normalized spacial score (nSPS) is 36.5. The van der Waals surface area contributed by atoms with Crippen molar-refractivity contribution in [3.63, 3.8) is 0 Å². The molecule has 26 heavy (non-hydrogen) atoms. The van der Waals surface area contributed by atoms with E-state index >= 15 is 0 Å². The first-order valence-electron chi connectivity index (χ1n) is 9.03. The minimum Gasteiger partial charge on any atom is -0.392 e. The van der Waals surface area contributed by atoms with Crippen LogP contribution < -0.4 is 4.31 Å². The molecule has 0 saturated carbocycles. The molecule has 1 N–H and O–H groups in total. The van der Waals surface area contributed by atoms with Gasteiger partial charge in [0.25, 0.3) is 0 Å². The van der Waals surface area contributed by atoms with Crippen LogP contribution in [0.15, 0.2) is 35.5 Å². The second-order valence-electron chi connectivity index (χ2n) is 7.59. The highest BCUT2D eigenvalue weighted by molar-refractivity contribution is 7.94. The van der Waals surface area contributed by atoms with E-state index in [2.05, 4.69) is 10.1 Å². The second kappa shape index (κ2) is 6.21. The van der Waals surface area contributed by atoms with Crippen molar-refractivity contribution in [1.82, 2.24) is 4.90 Å². The zero-order valence-corrected chi connectivity index (χ0v) is 15.9. The molecule has 4 rings (SSSR count). The van der Waals surface area contributed by atoms with Crippen LogP contribution in [0, 0.1) is 5.92 Å². The van der Waals surface area contributed by atoms with Gasteiger partial charge in [-0.15, -0.1) is 0 Å². The van der Waals surface area contributed by atoms with E-state index in [0.717, 1.165) is 5.71 Å². The Bertz CT molecular complexity index is 813. The summed E-state index contributed by atoms with van der Waals surface area (Å²) in [7, 11) is -3.64. The number of hydrogen-bond donors (Lipinski definition) is 1. The molecule has 2 fully saturated rings. The summed E-state index contributed by atoms with van der Waals surface area (Å²) in [6.45, 7) is 5.73. The summed E-state index contributed by atoms with van der Waals surface area (Å²) >= 11 is 0. The van der Waals surface area contributed by atoms with Crippen LogP contribution >= 0.6 is 0 Å². The van der Waals surface area contributed by atoms with Gasteiger partial charge in [-0.05, 0) is 38.9 Å². The van der Waals surface area contributed by atoms with Gasteiger partial charge >= 0.3 is 0 Å². The van der Waals surface area contributed by atoms with Gasteiger partial charge in [-0.2, -0.15) is 0 Å². The summed E-state index contributed by atoms with van der Waals surface area (Å²) in [5.41, 5.74) is 1.56. The van der Waals surface area contributed by atoms with E-state index in [-0.39, 0.29) is 18.6 Å². The maximum Gasteiger partial charge on any atom is 0.244 e. The molecule has 3 heterocycles. The number of aliphatic hydroxyl groups is 1. The lowest BCUT2D eigenvalue weighted by molar-refractivity contribution is 0.0662. The number of likely N-dealkylation sites (tertiary alicyclic amines) is 1. The maximum atomic E-state index is 13.3. The molecule has 3 aliphatic heterocycles. The first-order valence-corrected chi connectivity index (χ1v) is 10.5. The number of anilines is 1. The number of hydrogen-bond acceptors (Lipinski definition) is 6. The lowest BCUT2D eigenvalue weighted by atomic mass is 9.98. The molecule has 4 atom stereocenters. The number of oxime groups is 1. The summed E-state index contributed by atoms with van der Waals surface area (Å²) < 4.78 is 26.9. The fourth-order valence-electron chi connectivity index (χ4n) is 4.38. The molecule has 1 aromatic carbocycles. The van der Waals surface area contributed by atoms with Gasteiger partial charge in [-0.1, -0.05) is 23.4 Å². The predicted molar refractivity (Wildman–Crippen MR) is 99.6 cm³/mol. The van der Waals surface area contributed by atoms with Crippen molar-refractivity contribution in [3.05, 3.63) is 30.3 Å². The van der Waals surface area contributed by atoms with Crippen LogP contribution in [0.4, 0.5) is 5.69 Å². The highest BCUT2D eigenvalue weighted by Crippen LogP contribution is 2.43. The van der Waals surface area contributed by atoms with Crippen LogP contribution in [-0.2, 0) is 14.9 Å². The van der Waals surface area contributed by atoms with Gasteiger partial charge in [-0.3, -0.25) is 4.31 Å². The number of sulfonamides is 1. The average molecular weight is 379 g/mol. The van der Waals surface area contributed by atoms with Crippen molar-refractivity contribution in [1.29, 1.82) is 0 Å². The molecular formula is C18H25N3O4S. The first kappa shape index (κ1) is 17.8. The fourth-order valence-corrected chi connectivity index (χ4v) is 6.67. The highest BCUT2D eigenvalue weighted by Gasteiger charge is 2.61. The zero-order valence-electron chi connectivity index (χ0n) is 15.1. The number of rotatable bonds is 3. The highest BCUT2D eigenvalue weighted by atomic mass is 32.2. The summed E-state index contributed by atoms with van der Waals surface area (Å²) in [6, 6.07) is 9.02. The van der Waals surface area contributed by atoms with Gasteiger partial charge in [0.2, 0.25) is 10.0 Å². The van der Waals surface area contributed by atoms with Crippen molar-refractivity contribution in [2.24, 2.45) is 11.1 Å². The summed E-state index contributed by atoms with van der Waals surface area (Å²) in [6.07, 6.45) is -0.458. The van der Waals surface area contributed by atoms with Crippen LogP contribution in [-0.4, -0.2) is 67.3 Å². The number of nitrogens with zero attached hydrogens (tertiary/aromatic N) is 3. The van der Waals surface area contributed by atoms with Gasteiger partial charge in [0.1, 0.15) is 10.9 Å². The van der Waals surface area contributed by atoms with Crippen molar-refractivity contribution in [2.45, 2.75) is 37.2 Å². The summed E-state index contributed by atoms with van der Waals surface area (Å²) in [5, 5.41) is 14.8. The Morgan fingerprint density at radius 3 is 2.73 bits per heavy atom. The summed E-state index contributed by atoms with van der Waals surface area (Å²) in [5.74, 6) is 0.164. The van der Waals surface area contributed by atoms with Crippen molar-refractivity contribution < 1.29 is 18.4 Å². The standard InChI is InChI=1S/C18H25N3O4S/c1-13-16(14(2)25-19-13)10-20-9-8-18(12-20)17(22)11-21(26(18,23)24)15-6-4-3-5-7-15/h3-7,14,16-17,22H,8-12H2,1-2H3/t14?,16?,17-,18+/m0/s1. The van der Waals surface area contributed by atoms with E-state index in [0.29, 0.717) is 31.7 Å². The Balaban J connectivity index is 1.56. The van der Waals surface area contributed by atoms with Gasteiger partial charge in [0.05, 0.1) is 30.0 Å². The Morgan fingerprint density at radius 1 is 1.35 bits per heavy atom. The third kappa shape index (κ3) is 2.54. The average Bonchev–Trinajstić information content (AvgIpc) is 3.25. The Labute approximate surface area is 154 Å². The Hall–Kier alpha value is -1.64. The number of para-hydroxylation sites is 1. The molecule has 0 radical (unpaired) electrons. The Morgan fingerprint density at radius 2 is 2.08 bits per heavy atom. The van der Waals surface area contributed by atoms with E-state index in [9.17, 15) is 13.5 Å². The van der Waals surface area contributed by atoms with Crippen LogP contribution in [0.2, 0.25) is 0 Å². The monoisotopic (exact) mass is 379 g/mol. The molecule has 0 aliphatic carbocycles. The number of benzene rings is 1. The third-order valence-electron chi connectivity index (χ3n) is 6.06. The van der Waals surface area contributed by atoms with Gasteiger partial charge < -0.3 is 14.8 Å². The maximum absolute atomic E-state index is 13.3. The second-order valence-corrected chi connectivity index (χ2v) is 9.79. The molecule has 1 aromatic rings. The fraction of sp³-hybridized carbons (Fsp3) is 0.611. The Kier molecular flexibility index (Phi) is 4.24. The van der Waals surface area contributed by atoms with E-state index in [4.69, 9.17) is 4.84 Å². The number of β-amino-alcohol motifs (C(OH)–C–C–N with tert-alkyl or cyclic N) is 1.